The van der Waals surface area contributed by atoms with Crippen molar-refractivity contribution in [2.24, 2.45) is 0 Å². The summed E-state index contributed by atoms with van der Waals surface area (Å²) < 4.78 is 1.21. The number of piperidine rings is 1. The normalized spacial score (nSPS) is 18.8. The first-order chi connectivity index (χ1) is 10.2. The Morgan fingerprint density at radius 2 is 1.95 bits per heavy atom. The van der Waals surface area contributed by atoms with Gasteiger partial charge < -0.3 is 9.88 Å². The first-order valence-corrected chi connectivity index (χ1v) is 7.06. The number of carbonyl (C=O) groups excluding carboxylic acids is 3. The molecule has 0 radical (unpaired) electrons. The number of imide groups is 1. The van der Waals surface area contributed by atoms with E-state index in [-0.39, 0.29) is 30.2 Å². The van der Waals surface area contributed by atoms with Gasteiger partial charge in [0.15, 0.2) is 0 Å². The fourth-order valence-electron chi connectivity index (χ4n) is 2.24. The maximum absolute atomic E-state index is 12.2. The highest BCUT2D eigenvalue weighted by molar-refractivity contribution is 5.99. The monoisotopic (exact) mass is 305 g/mol. The summed E-state index contributed by atoms with van der Waals surface area (Å²) in [5, 5.41) is 5.00. The first kappa shape index (κ1) is 15.9. The zero-order chi connectivity index (χ0) is 16.5. The fraction of sp³-hybridized carbons (Fsp3) is 0.467. The third-order valence-corrected chi connectivity index (χ3v) is 3.23. The Hall–Kier alpha value is -2.44. The Bertz CT molecular complexity index is 685. The second-order valence-electron chi connectivity index (χ2n) is 6.33. The largest absolute Gasteiger partial charge is 0.347 e. The second-order valence-corrected chi connectivity index (χ2v) is 6.33. The van der Waals surface area contributed by atoms with Crippen molar-refractivity contribution in [1.82, 2.24) is 15.2 Å². The highest BCUT2D eigenvalue weighted by Gasteiger charge is 2.29. The Morgan fingerprint density at radius 3 is 2.55 bits per heavy atom. The predicted molar refractivity (Wildman–Crippen MR) is 79.3 cm³/mol. The van der Waals surface area contributed by atoms with Crippen molar-refractivity contribution in [2.45, 2.75) is 45.2 Å². The number of hydrogen-bond donors (Lipinski definition) is 2. The lowest BCUT2D eigenvalue weighted by molar-refractivity contribution is -0.135. The number of rotatable bonds is 2. The molecular formula is C15H19N3O4. The first-order valence-electron chi connectivity index (χ1n) is 7.06. The van der Waals surface area contributed by atoms with E-state index in [0.717, 1.165) is 0 Å². The molecule has 1 aromatic rings. The van der Waals surface area contributed by atoms with E-state index in [1.165, 1.54) is 22.9 Å². The molecule has 118 valence electrons. The Kier molecular flexibility index (Phi) is 4.16. The summed E-state index contributed by atoms with van der Waals surface area (Å²) in [6, 6.07) is 1.90. The van der Waals surface area contributed by atoms with Crippen LogP contribution >= 0.6 is 0 Å². The highest BCUT2D eigenvalue weighted by atomic mass is 16.2. The molecule has 1 atom stereocenters. The quantitative estimate of drug-likeness (QED) is 0.771. The maximum atomic E-state index is 12.2. The van der Waals surface area contributed by atoms with Crippen molar-refractivity contribution in [3.63, 3.8) is 0 Å². The zero-order valence-corrected chi connectivity index (χ0v) is 12.8. The minimum Gasteiger partial charge on any atom is -0.347 e. The van der Waals surface area contributed by atoms with Crippen molar-refractivity contribution < 1.29 is 14.4 Å². The molecule has 3 amide bonds. The Labute approximate surface area is 127 Å². The Balaban J connectivity index is 2.31. The van der Waals surface area contributed by atoms with Gasteiger partial charge in [0.2, 0.25) is 11.8 Å². The molecule has 2 N–H and O–H groups in total. The molecule has 0 saturated carbocycles. The number of nitrogens with zero attached hydrogens (tertiary/aromatic N) is 1. The van der Waals surface area contributed by atoms with Gasteiger partial charge in [-0.15, -0.1) is 0 Å². The van der Waals surface area contributed by atoms with Crippen molar-refractivity contribution in [1.29, 1.82) is 0 Å². The number of carbonyl (C=O) groups is 3. The molecule has 1 aromatic heterocycles. The molecule has 1 unspecified atom stereocenters. The number of aromatic nitrogens is 1. The number of pyridine rings is 1. The lowest BCUT2D eigenvalue weighted by atomic mass is 10.1. The smallest absolute Gasteiger partial charge is 0.253 e. The van der Waals surface area contributed by atoms with Gasteiger partial charge in [0.05, 0.1) is 5.56 Å². The van der Waals surface area contributed by atoms with Gasteiger partial charge in [-0.25, -0.2) is 0 Å². The third kappa shape index (κ3) is 3.60. The van der Waals surface area contributed by atoms with Crippen LogP contribution in [0.1, 0.15) is 50.0 Å². The van der Waals surface area contributed by atoms with Crippen LogP contribution in [0.4, 0.5) is 0 Å². The molecule has 0 aromatic carbocycles. The molecule has 2 heterocycles. The van der Waals surface area contributed by atoms with Crippen LogP contribution in [-0.4, -0.2) is 27.8 Å². The van der Waals surface area contributed by atoms with Gasteiger partial charge in [-0.1, -0.05) is 0 Å². The molecule has 7 heteroatoms. The second kappa shape index (κ2) is 5.75. The van der Waals surface area contributed by atoms with E-state index in [2.05, 4.69) is 10.6 Å². The number of hydrogen-bond acceptors (Lipinski definition) is 4. The third-order valence-electron chi connectivity index (χ3n) is 3.23. The van der Waals surface area contributed by atoms with Crippen LogP contribution in [-0.2, 0) is 9.59 Å². The molecule has 0 bridgehead atoms. The molecule has 1 fully saturated rings. The van der Waals surface area contributed by atoms with Gasteiger partial charge in [-0.2, -0.15) is 0 Å². The van der Waals surface area contributed by atoms with Crippen molar-refractivity contribution in [3.05, 3.63) is 34.2 Å². The zero-order valence-electron chi connectivity index (χ0n) is 12.8. The van der Waals surface area contributed by atoms with E-state index in [4.69, 9.17) is 0 Å². The van der Waals surface area contributed by atoms with Gasteiger partial charge in [0.25, 0.3) is 11.5 Å². The average molecular weight is 305 g/mol. The van der Waals surface area contributed by atoms with E-state index in [1.807, 2.05) is 20.8 Å². The minimum atomic E-state index is -0.771. The van der Waals surface area contributed by atoms with Crippen LogP contribution in [0.3, 0.4) is 0 Å². The van der Waals surface area contributed by atoms with Gasteiger partial charge in [-0.3, -0.25) is 24.5 Å². The van der Waals surface area contributed by atoms with Crippen LogP contribution in [0.15, 0.2) is 23.1 Å². The van der Waals surface area contributed by atoms with E-state index < -0.39 is 17.5 Å². The predicted octanol–water partition coefficient (Wildman–Crippen LogP) is 0.354. The standard InChI is InChI=1S/C15H19N3O4/c1-15(2,3)17-13(21)9-4-7-12(20)18(8-9)10-5-6-11(19)16-14(10)22/h4,7-8,10H,5-6H2,1-3H3,(H,17,21)(H,16,19,22). The molecule has 7 nitrogen and oxygen atoms in total. The molecule has 2 rings (SSSR count). The van der Waals surface area contributed by atoms with Crippen LogP contribution < -0.4 is 16.2 Å². The topological polar surface area (TPSA) is 97.3 Å². The number of nitrogens with one attached hydrogen (secondary N) is 2. The summed E-state index contributed by atoms with van der Waals surface area (Å²) in [7, 11) is 0. The lowest BCUT2D eigenvalue weighted by Gasteiger charge is -2.24. The van der Waals surface area contributed by atoms with Crippen molar-refractivity contribution >= 4 is 17.7 Å². The highest BCUT2D eigenvalue weighted by Crippen LogP contribution is 2.17. The summed E-state index contributed by atoms with van der Waals surface area (Å²) in [6.45, 7) is 5.54. The van der Waals surface area contributed by atoms with E-state index >= 15 is 0 Å². The SMILES string of the molecule is CC(C)(C)NC(=O)c1ccc(=O)n(C2CCC(=O)NC2=O)c1. The summed E-state index contributed by atoms with van der Waals surface area (Å²) in [5.74, 6) is -1.20. The maximum Gasteiger partial charge on any atom is 0.253 e. The van der Waals surface area contributed by atoms with E-state index in [0.29, 0.717) is 5.56 Å². The molecular weight excluding hydrogens is 286 g/mol. The summed E-state index contributed by atoms with van der Waals surface area (Å²) in [5.41, 5.74) is -0.506. The lowest BCUT2D eigenvalue weighted by Crippen LogP contribution is -2.45. The average Bonchev–Trinajstić information content (AvgIpc) is 2.38. The van der Waals surface area contributed by atoms with Crippen LogP contribution in [0.5, 0.6) is 0 Å². The van der Waals surface area contributed by atoms with Gasteiger partial charge >= 0.3 is 0 Å². The van der Waals surface area contributed by atoms with Crippen LogP contribution in [0.2, 0.25) is 0 Å². The van der Waals surface area contributed by atoms with E-state index in [1.54, 1.807) is 0 Å². The molecule has 1 aliphatic heterocycles. The summed E-state index contributed by atoms with van der Waals surface area (Å²) in [6.07, 6.45) is 1.78. The fourth-order valence-corrected chi connectivity index (χ4v) is 2.24. The van der Waals surface area contributed by atoms with Crippen LogP contribution in [0, 0.1) is 0 Å². The van der Waals surface area contributed by atoms with Crippen molar-refractivity contribution in [2.75, 3.05) is 0 Å². The molecule has 1 aliphatic rings. The summed E-state index contributed by atoms with van der Waals surface area (Å²) in [4.78, 5) is 47.2. The van der Waals surface area contributed by atoms with Gasteiger partial charge in [-0.05, 0) is 33.3 Å². The van der Waals surface area contributed by atoms with Crippen LogP contribution in [0.25, 0.3) is 0 Å². The molecule has 22 heavy (non-hydrogen) atoms. The molecule has 0 aliphatic carbocycles. The van der Waals surface area contributed by atoms with Crippen molar-refractivity contribution in [3.8, 4) is 0 Å². The van der Waals surface area contributed by atoms with Gasteiger partial charge in [0.1, 0.15) is 6.04 Å². The molecule has 1 saturated heterocycles. The van der Waals surface area contributed by atoms with E-state index in [9.17, 15) is 19.2 Å². The molecule has 0 spiro atoms. The van der Waals surface area contributed by atoms with Gasteiger partial charge in [0, 0.05) is 24.2 Å². The number of amides is 3. The Morgan fingerprint density at radius 1 is 1.27 bits per heavy atom. The summed E-state index contributed by atoms with van der Waals surface area (Å²) >= 11 is 0. The minimum absolute atomic E-state index is 0.168.